The second kappa shape index (κ2) is 6.27. The highest BCUT2D eigenvalue weighted by molar-refractivity contribution is 6.02. The second-order valence-corrected chi connectivity index (χ2v) is 7.11. The van der Waals surface area contributed by atoms with Gasteiger partial charge in [0.2, 0.25) is 5.71 Å². The van der Waals surface area contributed by atoms with E-state index in [1.54, 1.807) is 0 Å². The standard InChI is InChI=1S/C24H19N3O/c1-14-11-21(25-13-20(14)17-7-5-4-6-8-17)18-9-10-22-19(12-18)23-24(28-22)27-16(3)15(2)26-23/h4-13H,1-3H3. The third-order valence-corrected chi connectivity index (χ3v) is 5.21. The Hall–Kier alpha value is -3.53. The molecule has 0 unspecified atom stereocenters. The van der Waals surface area contributed by atoms with Gasteiger partial charge in [-0.2, -0.15) is 0 Å². The van der Waals surface area contributed by atoms with Crippen LogP contribution in [0.4, 0.5) is 0 Å². The van der Waals surface area contributed by atoms with Crippen LogP contribution in [0.5, 0.6) is 0 Å². The summed E-state index contributed by atoms with van der Waals surface area (Å²) < 4.78 is 5.89. The van der Waals surface area contributed by atoms with E-state index in [4.69, 9.17) is 14.4 Å². The van der Waals surface area contributed by atoms with Gasteiger partial charge in [0.25, 0.3) is 0 Å². The topological polar surface area (TPSA) is 51.8 Å². The van der Waals surface area contributed by atoms with Crippen LogP contribution < -0.4 is 0 Å². The minimum atomic E-state index is 0.582. The van der Waals surface area contributed by atoms with Crippen LogP contribution in [-0.4, -0.2) is 15.0 Å². The molecule has 3 aromatic heterocycles. The summed E-state index contributed by atoms with van der Waals surface area (Å²) in [6.45, 7) is 6.04. The molecule has 0 spiro atoms. The average Bonchev–Trinajstić information content (AvgIpc) is 3.05. The highest BCUT2D eigenvalue weighted by Crippen LogP contribution is 2.32. The van der Waals surface area contributed by atoms with Crippen LogP contribution in [0.3, 0.4) is 0 Å². The highest BCUT2D eigenvalue weighted by atomic mass is 16.3. The summed E-state index contributed by atoms with van der Waals surface area (Å²) in [5.74, 6) is 0. The Bertz CT molecular complexity index is 1340. The maximum atomic E-state index is 5.89. The molecule has 4 nitrogen and oxygen atoms in total. The van der Waals surface area contributed by atoms with Crippen LogP contribution >= 0.6 is 0 Å². The number of rotatable bonds is 2. The Balaban J connectivity index is 1.64. The lowest BCUT2D eigenvalue weighted by Crippen LogP contribution is -1.91. The summed E-state index contributed by atoms with van der Waals surface area (Å²) in [5.41, 5.74) is 9.48. The molecule has 0 radical (unpaired) electrons. The van der Waals surface area contributed by atoms with Crippen LogP contribution in [0.2, 0.25) is 0 Å². The van der Waals surface area contributed by atoms with Gasteiger partial charge in [0.1, 0.15) is 11.1 Å². The normalized spacial score (nSPS) is 11.4. The minimum Gasteiger partial charge on any atom is -0.436 e. The first kappa shape index (κ1) is 16.6. The molecule has 0 aliphatic carbocycles. The molecule has 0 fully saturated rings. The van der Waals surface area contributed by atoms with Gasteiger partial charge in [-0.15, -0.1) is 0 Å². The molecule has 136 valence electrons. The minimum absolute atomic E-state index is 0.582. The number of nitrogens with zero attached hydrogens (tertiary/aromatic N) is 3. The summed E-state index contributed by atoms with van der Waals surface area (Å²) in [4.78, 5) is 13.9. The van der Waals surface area contributed by atoms with Crippen molar-refractivity contribution >= 4 is 22.2 Å². The second-order valence-electron chi connectivity index (χ2n) is 7.11. The molecular formula is C24H19N3O. The summed E-state index contributed by atoms with van der Waals surface area (Å²) in [6, 6.07) is 18.6. The van der Waals surface area contributed by atoms with Crippen LogP contribution in [0, 0.1) is 20.8 Å². The van der Waals surface area contributed by atoms with Gasteiger partial charge in [-0.05, 0) is 56.2 Å². The summed E-state index contributed by atoms with van der Waals surface area (Å²) >= 11 is 0. The molecule has 4 heteroatoms. The van der Waals surface area contributed by atoms with Gasteiger partial charge in [-0.3, -0.25) is 4.98 Å². The van der Waals surface area contributed by atoms with E-state index < -0.39 is 0 Å². The highest BCUT2D eigenvalue weighted by Gasteiger charge is 2.13. The first-order valence-electron chi connectivity index (χ1n) is 9.30. The predicted molar refractivity (Wildman–Crippen MR) is 112 cm³/mol. The summed E-state index contributed by atoms with van der Waals surface area (Å²) in [7, 11) is 0. The molecule has 0 aliphatic rings. The molecule has 5 aromatic rings. The zero-order valence-electron chi connectivity index (χ0n) is 16.0. The van der Waals surface area contributed by atoms with Gasteiger partial charge >= 0.3 is 0 Å². The van der Waals surface area contributed by atoms with Gasteiger partial charge < -0.3 is 4.42 Å². The van der Waals surface area contributed by atoms with Crippen molar-refractivity contribution in [1.82, 2.24) is 15.0 Å². The van der Waals surface area contributed by atoms with Crippen molar-refractivity contribution in [3.05, 3.63) is 77.7 Å². The van der Waals surface area contributed by atoms with Gasteiger partial charge in [0, 0.05) is 22.7 Å². The quantitative estimate of drug-likeness (QED) is 0.383. The number of furan rings is 1. The molecule has 0 atom stereocenters. The van der Waals surface area contributed by atoms with Gasteiger partial charge in [0.15, 0.2) is 0 Å². The fourth-order valence-corrected chi connectivity index (χ4v) is 3.53. The molecule has 0 saturated heterocycles. The molecule has 0 bridgehead atoms. The number of fused-ring (bicyclic) bond motifs is 3. The Kier molecular flexibility index (Phi) is 3.72. The Labute approximate surface area is 162 Å². The van der Waals surface area contributed by atoms with Crippen LogP contribution in [0.25, 0.3) is 44.6 Å². The lowest BCUT2D eigenvalue weighted by atomic mass is 10.0. The summed E-state index contributed by atoms with van der Waals surface area (Å²) in [5, 5.41) is 0.967. The third kappa shape index (κ3) is 2.65. The van der Waals surface area contributed by atoms with Gasteiger partial charge in [-0.1, -0.05) is 30.3 Å². The Morgan fingerprint density at radius 3 is 2.36 bits per heavy atom. The molecular weight excluding hydrogens is 346 g/mol. The summed E-state index contributed by atoms with van der Waals surface area (Å²) in [6.07, 6.45) is 1.95. The molecule has 0 aliphatic heterocycles. The smallest absolute Gasteiger partial charge is 0.246 e. The zero-order valence-corrected chi connectivity index (χ0v) is 16.0. The number of pyridine rings is 1. The molecule has 0 N–H and O–H groups in total. The van der Waals surface area contributed by atoms with Crippen molar-refractivity contribution in [2.75, 3.05) is 0 Å². The molecule has 0 amide bonds. The number of hydrogen-bond acceptors (Lipinski definition) is 4. The average molecular weight is 365 g/mol. The number of hydrogen-bond donors (Lipinski definition) is 0. The van der Waals surface area contributed by atoms with Crippen molar-refractivity contribution in [3.8, 4) is 22.4 Å². The van der Waals surface area contributed by atoms with Crippen LogP contribution in [0.1, 0.15) is 17.0 Å². The van der Waals surface area contributed by atoms with Gasteiger partial charge in [-0.25, -0.2) is 9.97 Å². The van der Waals surface area contributed by atoms with Gasteiger partial charge in [0.05, 0.1) is 17.1 Å². The predicted octanol–water partition coefficient (Wildman–Crippen LogP) is 6.03. The van der Waals surface area contributed by atoms with E-state index in [1.165, 1.54) is 11.1 Å². The van der Waals surface area contributed by atoms with E-state index in [0.29, 0.717) is 5.71 Å². The molecule has 0 saturated carbocycles. The van der Waals surface area contributed by atoms with Crippen molar-refractivity contribution in [2.24, 2.45) is 0 Å². The number of aryl methyl sites for hydroxylation is 3. The van der Waals surface area contributed by atoms with E-state index in [9.17, 15) is 0 Å². The van der Waals surface area contributed by atoms with Crippen LogP contribution in [0.15, 0.2) is 65.2 Å². The lowest BCUT2D eigenvalue weighted by Gasteiger charge is -2.08. The SMILES string of the molecule is Cc1cc(-c2ccc3oc4nc(C)c(C)nc4c3c2)ncc1-c1ccccc1. The maximum Gasteiger partial charge on any atom is 0.246 e. The van der Waals surface area contributed by atoms with Crippen molar-refractivity contribution in [1.29, 1.82) is 0 Å². The van der Waals surface area contributed by atoms with Crippen molar-refractivity contribution in [2.45, 2.75) is 20.8 Å². The first-order valence-corrected chi connectivity index (χ1v) is 9.30. The zero-order chi connectivity index (χ0) is 19.3. The molecule has 3 heterocycles. The Morgan fingerprint density at radius 2 is 1.57 bits per heavy atom. The van der Waals surface area contributed by atoms with Crippen LogP contribution in [-0.2, 0) is 0 Å². The van der Waals surface area contributed by atoms with Crippen molar-refractivity contribution in [3.63, 3.8) is 0 Å². The molecule has 28 heavy (non-hydrogen) atoms. The fourth-order valence-electron chi connectivity index (χ4n) is 3.53. The first-order chi connectivity index (χ1) is 13.6. The van der Waals surface area contributed by atoms with E-state index in [-0.39, 0.29) is 0 Å². The molecule has 2 aromatic carbocycles. The largest absolute Gasteiger partial charge is 0.436 e. The Morgan fingerprint density at radius 1 is 0.786 bits per heavy atom. The third-order valence-electron chi connectivity index (χ3n) is 5.21. The lowest BCUT2D eigenvalue weighted by molar-refractivity contribution is 0.650. The van der Waals surface area contributed by atoms with E-state index in [0.717, 1.165) is 44.7 Å². The molecule has 5 rings (SSSR count). The number of aromatic nitrogens is 3. The fraction of sp³-hybridized carbons (Fsp3) is 0.125. The monoisotopic (exact) mass is 365 g/mol. The van der Waals surface area contributed by atoms with E-state index >= 15 is 0 Å². The number of benzene rings is 2. The maximum absolute atomic E-state index is 5.89. The van der Waals surface area contributed by atoms with Crippen molar-refractivity contribution < 1.29 is 4.42 Å². The van der Waals surface area contributed by atoms with E-state index in [2.05, 4.69) is 36.2 Å². The van der Waals surface area contributed by atoms with E-state index in [1.807, 2.05) is 50.4 Å².